The lowest BCUT2D eigenvalue weighted by molar-refractivity contribution is 0.270. The molecule has 1 aromatic carbocycles. The molecule has 3 N–H and O–H groups in total. The van der Waals surface area contributed by atoms with E-state index < -0.39 is 0 Å². The summed E-state index contributed by atoms with van der Waals surface area (Å²) in [6.07, 6.45) is 0. The maximum absolute atomic E-state index is 9.18. The Morgan fingerprint density at radius 2 is 2.06 bits per heavy atom. The first-order chi connectivity index (χ1) is 7.47. The van der Waals surface area contributed by atoms with E-state index >= 15 is 0 Å². The molecule has 0 amide bonds. The molecule has 0 aliphatic rings. The maximum Gasteiger partial charge on any atom is 0.0632 e. The second kappa shape index (κ2) is 5.66. The number of rotatable bonds is 4. The van der Waals surface area contributed by atoms with Gasteiger partial charge in [0.25, 0.3) is 0 Å². The van der Waals surface area contributed by atoms with Crippen molar-refractivity contribution in [2.24, 2.45) is 5.73 Å². The molecular weight excluding hydrogens is 268 g/mol. The highest BCUT2D eigenvalue weighted by Gasteiger charge is 2.15. The van der Waals surface area contributed by atoms with Crippen molar-refractivity contribution in [1.29, 1.82) is 0 Å². The van der Waals surface area contributed by atoms with Crippen molar-refractivity contribution >= 4 is 21.6 Å². The van der Waals surface area contributed by atoms with Gasteiger partial charge in [-0.25, -0.2) is 0 Å². The van der Waals surface area contributed by atoms with Crippen LogP contribution in [0.4, 0.5) is 5.69 Å². The molecule has 0 aliphatic carbocycles. The van der Waals surface area contributed by atoms with Gasteiger partial charge in [0.1, 0.15) is 0 Å². The van der Waals surface area contributed by atoms with Crippen LogP contribution in [0.3, 0.4) is 0 Å². The van der Waals surface area contributed by atoms with Gasteiger partial charge in [-0.2, -0.15) is 0 Å². The minimum atomic E-state index is -0.0172. The van der Waals surface area contributed by atoms with Gasteiger partial charge >= 0.3 is 0 Å². The first kappa shape index (κ1) is 13.5. The molecule has 2 unspecified atom stereocenters. The summed E-state index contributed by atoms with van der Waals surface area (Å²) in [7, 11) is 1.97. The monoisotopic (exact) mass is 286 g/mol. The first-order valence-electron chi connectivity index (χ1n) is 5.36. The summed E-state index contributed by atoms with van der Waals surface area (Å²) in [5.74, 6) is 0. The Labute approximate surface area is 105 Å². The Balaban J connectivity index is 3.13. The van der Waals surface area contributed by atoms with Gasteiger partial charge in [-0.3, -0.25) is 0 Å². The molecule has 0 saturated carbocycles. The average molecular weight is 287 g/mol. The fourth-order valence-electron chi connectivity index (χ4n) is 1.57. The Bertz CT molecular complexity index is 355. The SMILES string of the molecule is CC(N)c1ccc(Br)cc1N(C)C(C)CO. The molecule has 0 spiro atoms. The molecule has 3 nitrogen and oxygen atoms in total. The number of nitrogens with two attached hydrogens (primary N) is 1. The van der Waals surface area contributed by atoms with Crippen molar-refractivity contribution < 1.29 is 5.11 Å². The van der Waals surface area contributed by atoms with E-state index in [2.05, 4.69) is 15.9 Å². The van der Waals surface area contributed by atoms with Gasteiger partial charge in [0.15, 0.2) is 0 Å². The van der Waals surface area contributed by atoms with Crippen LogP contribution in [0.1, 0.15) is 25.5 Å². The lowest BCUT2D eigenvalue weighted by Crippen LogP contribution is -2.33. The molecular formula is C12H19BrN2O. The molecule has 16 heavy (non-hydrogen) atoms. The third-order valence-corrected chi connectivity index (χ3v) is 3.28. The summed E-state index contributed by atoms with van der Waals surface area (Å²) in [6, 6.07) is 6.10. The molecule has 0 bridgehead atoms. The summed E-state index contributed by atoms with van der Waals surface area (Å²) >= 11 is 3.45. The molecule has 1 rings (SSSR count). The van der Waals surface area contributed by atoms with Gasteiger partial charge < -0.3 is 15.7 Å². The van der Waals surface area contributed by atoms with E-state index in [0.717, 1.165) is 15.7 Å². The first-order valence-corrected chi connectivity index (χ1v) is 6.15. The van der Waals surface area contributed by atoms with Gasteiger partial charge in [-0.1, -0.05) is 22.0 Å². The molecule has 1 aromatic rings. The lowest BCUT2D eigenvalue weighted by atomic mass is 10.1. The summed E-state index contributed by atoms with van der Waals surface area (Å²) < 4.78 is 1.02. The van der Waals surface area contributed by atoms with Crippen LogP contribution < -0.4 is 10.6 Å². The Morgan fingerprint density at radius 1 is 1.44 bits per heavy atom. The quantitative estimate of drug-likeness (QED) is 0.893. The zero-order valence-corrected chi connectivity index (χ0v) is 11.5. The predicted molar refractivity (Wildman–Crippen MR) is 71.7 cm³/mol. The maximum atomic E-state index is 9.18. The minimum Gasteiger partial charge on any atom is -0.394 e. The van der Waals surface area contributed by atoms with Gasteiger partial charge in [-0.05, 0) is 31.5 Å². The zero-order chi connectivity index (χ0) is 12.3. The average Bonchev–Trinajstić information content (AvgIpc) is 2.26. The van der Waals surface area contributed by atoms with E-state index in [1.165, 1.54) is 0 Å². The van der Waals surface area contributed by atoms with Crippen molar-refractivity contribution in [2.45, 2.75) is 25.9 Å². The number of benzene rings is 1. The number of hydrogen-bond donors (Lipinski definition) is 2. The number of hydrogen-bond acceptors (Lipinski definition) is 3. The van der Waals surface area contributed by atoms with Gasteiger partial charge in [-0.15, -0.1) is 0 Å². The highest BCUT2D eigenvalue weighted by Crippen LogP contribution is 2.29. The van der Waals surface area contributed by atoms with Crippen molar-refractivity contribution in [1.82, 2.24) is 0 Å². The molecule has 4 heteroatoms. The van der Waals surface area contributed by atoms with E-state index in [1.54, 1.807) is 0 Å². The summed E-state index contributed by atoms with van der Waals surface area (Å²) in [5, 5.41) is 9.18. The van der Waals surface area contributed by atoms with Crippen LogP contribution in [0.2, 0.25) is 0 Å². The van der Waals surface area contributed by atoms with Crippen LogP contribution in [0.5, 0.6) is 0 Å². The van der Waals surface area contributed by atoms with E-state index in [-0.39, 0.29) is 18.7 Å². The molecule has 2 atom stereocenters. The molecule has 0 saturated heterocycles. The van der Waals surface area contributed by atoms with E-state index in [4.69, 9.17) is 5.73 Å². The number of nitrogens with zero attached hydrogens (tertiary/aromatic N) is 1. The second-order valence-electron chi connectivity index (χ2n) is 4.13. The van der Waals surface area contributed by atoms with Crippen molar-refractivity contribution in [3.8, 4) is 0 Å². The highest BCUT2D eigenvalue weighted by molar-refractivity contribution is 9.10. The third-order valence-electron chi connectivity index (χ3n) is 2.79. The van der Waals surface area contributed by atoms with Gasteiger partial charge in [0.2, 0.25) is 0 Å². The lowest BCUT2D eigenvalue weighted by Gasteiger charge is -2.29. The zero-order valence-electron chi connectivity index (χ0n) is 9.94. The summed E-state index contributed by atoms with van der Waals surface area (Å²) in [5.41, 5.74) is 8.09. The molecule has 0 aliphatic heterocycles. The molecule has 0 aromatic heterocycles. The molecule has 0 radical (unpaired) electrons. The van der Waals surface area contributed by atoms with Crippen molar-refractivity contribution in [2.75, 3.05) is 18.6 Å². The fourth-order valence-corrected chi connectivity index (χ4v) is 1.92. The highest BCUT2D eigenvalue weighted by atomic mass is 79.9. The largest absolute Gasteiger partial charge is 0.394 e. The van der Waals surface area contributed by atoms with E-state index in [9.17, 15) is 5.11 Å². The fraction of sp³-hybridized carbons (Fsp3) is 0.500. The number of aliphatic hydroxyl groups is 1. The molecule has 0 heterocycles. The predicted octanol–water partition coefficient (Wildman–Crippen LogP) is 2.29. The van der Waals surface area contributed by atoms with Crippen molar-refractivity contribution in [3.05, 3.63) is 28.2 Å². The molecule has 0 fully saturated rings. The molecule has 90 valence electrons. The van der Waals surface area contributed by atoms with E-state index in [0.29, 0.717) is 0 Å². The summed E-state index contributed by atoms with van der Waals surface area (Å²) in [4.78, 5) is 2.05. The Hall–Kier alpha value is -0.580. The Kier molecular flexibility index (Phi) is 4.77. The normalized spacial score (nSPS) is 14.6. The third kappa shape index (κ3) is 2.97. The standard InChI is InChI=1S/C12H19BrN2O/c1-8(7-16)15(3)12-6-10(13)4-5-11(12)9(2)14/h4-6,8-9,16H,7,14H2,1-3H3. The number of anilines is 1. The van der Waals surface area contributed by atoms with Gasteiger partial charge in [0.05, 0.1) is 6.61 Å². The van der Waals surface area contributed by atoms with Gasteiger partial charge in [0, 0.05) is 29.3 Å². The van der Waals surface area contributed by atoms with Crippen LogP contribution in [-0.4, -0.2) is 24.8 Å². The van der Waals surface area contributed by atoms with Crippen LogP contribution in [0, 0.1) is 0 Å². The van der Waals surface area contributed by atoms with Crippen LogP contribution >= 0.6 is 15.9 Å². The minimum absolute atomic E-state index is 0.0172. The second-order valence-corrected chi connectivity index (χ2v) is 5.05. The number of halogens is 1. The van der Waals surface area contributed by atoms with Crippen LogP contribution in [0.15, 0.2) is 22.7 Å². The van der Waals surface area contributed by atoms with Crippen LogP contribution in [0.25, 0.3) is 0 Å². The summed E-state index contributed by atoms with van der Waals surface area (Å²) in [6.45, 7) is 4.07. The van der Waals surface area contributed by atoms with Crippen LogP contribution in [-0.2, 0) is 0 Å². The number of likely N-dealkylation sites (N-methyl/N-ethyl adjacent to an activating group) is 1. The Morgan fingerprint density at radius 3 is 2.56 bits per heavy atom. The smallest absolute Gasteiger partial charge is 0.0632 e. The van der Waals surface area contributed by atoms with E-state index in [1.807, 2.05) is 44.0 Å². The van der Waals surface area contributed by atoms with Crippen molar-refractivity contribution in [3.63, 3.8) is 0 Å². The topological polar surface area (TPSA) is 49.5 Å². The number of aliphatic hydroxyl groups excluding tert-OH is 1.